The van der Waals surface area contributed by atoms with E-state index in [1.165, 1.54) is 18.2 Å². The van der Waals surface area contributed by atoms with E-state index in [4.69, 9.17) is 0 Å². The van der Waals surface area contributed by atoms with Gasteiger partial charge in [-0.2, -0.15) is 5.10 Å². The fraction of sp³-hybridized carbons (Fsp3) is 0.385. The van der Waals surface area contributed by atoms with Gasteiger partial charge >= 0.3 is 0 Å². The molecule has 1 fully saturated rings. The number of rotatable bonds is 6. The van der Waals surface area contributed by atoms with E-state index in [1.54, 1.807) is 18.2 Å². The van der Waals surface area contributed by atoms with Crippen LogP contribution in [-0.4, -0.2) is 50.6 Å². The summed E-state index contributed by atoms with van der Waals surface area (Å²) in [5, 5.41) is 29.9. The molecule has 0 aliphatic heterocycles. The first-order chi connectivity index (χ1) is 16.7. The van der Waals surface area contributed by atoms with Crippen molar-refractivity contribution >= 4 is 5.91 Å². The zero-order valence-corrected chi connectivity index (χ0v) is 19.4. The molecule has 2 heterocycles. The van der Waals surface area contributed by atoms with E-state index in [0.717, 1.165) is 18.4 Å². The standard InChI is InChI=1S/C26H26F2N4O3/c1-25(2)16-9-10-26(25,21-8-4-7-19(30-21)24(35)29-14(12-33)13-34)23-15(16)11-20(31-32-23)22-17(27)5-3-6-18(22)28/h3-8,11,14,16,33-34H,9-10,12-13H2,1-2H3,(H,29,35)/t16-,26-/m0/s1. The predicted molar refractivity (Wildman–Crippen MR) is 124 cm³/mol. The molecule has 3 aromatic rings. The maximum absolute atomic E-state index is 14.4. The van der Waals surface area contributed by atoms with Gasteiger partial charge in [0.1, 0.15) is 17.3 Å². The minimum absolute atomic E-state index is 0.0778. The Morgan fingerprint density at radius 3 is 2.49 bits per heavy atom. The van der Waals surface area contributed by atoms with Gasteiger partial charge in [0.25, 0.3) is 5.91 Å². The summed E-state index contributed by atoms with van der Waals surface area (Å²) in [4.78, 5) is 17.4. The molecule has 1 saturated carbocycles. The van der Waals surface area contributed by atoms with Crippen LogP contribution in [0.2, 0.25) is 0 Å². The maximum Gasteiger partial charge on any atom is 0.270 e. The minimum atomic E-state index is -0.784. The Kier molecular flexibility index (Phi) is 5.64. The summed E-state index contributed by atoms with van der Waals surface area (Å²) in [5.74, 6) is -1.81. The average molecular weight is 481 g/mol. The first kappa shape index (κ1) is 23.4. The van der Waals surface area contributed by atoms with Gasteiger partial charge in [-0.15, -0.1) is 5.10 Å². The number of hydrogen-bond acceptors (Lipinski definition) is 6. The van der Waals surface area contributed by atoms with Crippen molar-refractivity contribution in [3.05, 3.63) is 76.7 Å². The van der Waals surface area contributed by atoms with E-state index >= 15 is 0 Å². The second kappa shape index (κ2) is 8.42. The van der Waals surface area contributed by atoms with Gasteiger partial charge < -0.3 is 15.5 Å². The highest BCUT2D eigenvalue weighted by atomic mass is 19.1. The van der Waals surface area contributed by atoms with E-state index < -0.39 is 42.2 Å². The van der Waals surface area contributed by atoms with Crippen molar-refractivity contribution in [2.75, 3.05) is 13.2 Å². The molecular formula is C26H26F2N4O3. The largest absolute Gasteiger partial charge is 0.394 e. The molecule has 2 atom stereocenters. The maximum atomic E-state index is 14.4. The van der Waals surface area contributed by atoms with Crippen LogP contribution in [0.1, 0.15) is 60.0 Å². The van der Waals surface area contributed by atoms with Crippen LogP contribution in [0.25, 0.3) is 11.3 Å². The predicted octanol–water partition coefficient (Wildman–Crippen LogP) is 3.10. The Hall–Kier alpha value is -3.30. The number of amides is 1. The fourth-order valence-electron chi connectivity index (χ4n) is 5.96. The highest BCUT2D eigenvalue weighted by Gasteiger charge is 2.65. The van der Waals surface area contributed by atoms with Crippen LogP contribution in [0.5, 0.6) is 0 Å². The van der Waals surface area contributed by atoms with Crippen LogP contribution in [0.15, 0.2) is 42.5 Å². The van der Waals surface area contributed by atoms with Gasteiger partial charge in [-0.25, -0.2) is 13.8 Å². The summed E-state index contributed by atoms with van der Waals surface area (Å²) >= 11 is 0. The van der Waals surface area contributed by atoms with E-state index in [2.05, 4.69) is 34.3 Å². The van der Waals surface area contributed by atoms with E-state index in [-0.39, 0.29) is 28.3 Å². The van der Waals surface area contributed by atoms with Crippen molar-refractivity contribution in [1.82, 2.24) is 20.5 Å². The van der Waals surface area contributed by atoms with E-state index in [1.807, 2.05) is 6.07 Å². The molecule has 1 aromatic carbocycles. The van der Waals surface area contributed by atoms with Crippen molar-refractivity contribution in [2.45, 2.75) is 44.1 Å². The number of aliphatic hydroxyl groups excluding tert-OH is 2. The average Bonchev–Trinajstić information content (AvgIpc) is 3.23. The lowest BCUT2D eigenvalue weighted by atomic mass is 9.66. The number of pyridine rings is 1. The van der Waals surface area contributed by atoms with Gasteiger partial charge in [0, 0.05) is 0 Å². The summed E-state index contributed by atoms with van der Waals surface area (Å²) in [7, 11) is 0. The van der Waals surface area contributed by atoms with Gasteiger partial charge in [-0.1, -0.05) is 26.0 Å². The van der Waals surface area contributed by atoms with Crippen molar-refractivity contribution < 1.29 is 23.8 Å². The van der Waals surface area contributed by atoms with Gasteiger partial charge in [0.05, 0.1) is 47.3 Å². The molecule has 0 saturated heterocycles. The van der Waals surface area contributed by atoms with Crippen LogP contribution >= 0.6 is 0 Å². The molecule has 7 nitrogen and oxygen atoms in total. The van der Waals surface area contributed by atoms with E-state index in [0.29, 0.717) is 11.4 Å². The summed E-state index contributed by atoms with van der Waals surface area (Å²) in [6, 6.07) is 9.84. The number of fused-ring (bicyclic) bond motifs is 5. The minimum Gasteiger partial charge on any atom is -0.394 e. The third-order valence-corrected chi connectivity index (χ3v) is 7.80. The topological polar surface area (TPSA) is 108 Å². The van der Waals surface area contributed by atoms with E-state index in [9.17, 15) is 23.8 Å². The molecule has 2 aliphatic rings. The van der Waals surface area contributed by atoms with Crippen LogP contribution < -0.4 is 5.32 Å². The van der Waals surface area contributed by atoms with Gasteiger partial charge in [-0.05, 0) is 60.1 Å². The quantitative estimate of drug-likeness (QED) is 0.500. The Bertz CT molecular complexity index is 1290. The molecule has 35 heavy (non-hydrogen) atoms. The van der Waals surface area contributed by atoms with Crippen molar-refractivity contribution in [3.8, 4) is 11.3 Å². The number of nitrogens with zero attached hydrogens (tertiary/aromatic N) is 3. The lowest BCUT2D eigenvalue weighted by molar-refractivity contribution is 0.0873. The van der Waals surface area contributed by atoms with Gasteiger partial charge in [0.15, 0.2) is 0 Å². The van der Waals surface area contributed by atoms with Crippen LogP contribution in [0.4, 0.5) is 8.78 Å². The molecular weight excluding hydrogens is 454 g/mol. The monoisotopic (exact) mass is 480 g/mol. The molecule has 5 rings (SSSR count). The zero-order valence-electron chi connectivity index (χ0n) is 19.4. The third kappa shape index (κ3) is 3.36. The van der Waals surface area contributed by atoms with Crippen LogP contribution in [0.3, 0.4) is 0 Å². The molecule has 2 aliphatic carbocycles. The number of aromatic nitrogens is 3. The number of halogens is 2. The summed E-state index contributed by atoms with van der Waals surface area (Å²) in [6.07, 6.45) is 1.58. The first-order valence-electron chi connectivity index (χ1n) is 11.6. The van der Waals surface area contributed by atoms with Crippen molar-refractivity contribution in [2.24, 2.45) is 5.41 Å². The molecule has 1 amide bonds. The number of carbonyl (C=O) groups excluding carboxylic acids is 1. The summed E-state index contributed by atoms with van der Waals surface area (Å²) < 4.78 is 28.9. The molecule has 9 heteroatoms. The summed E-state index contributed by atoms with van der Waals surface area (Å²) in [5.41, 5.74) is 1.43. The smallest absolute Gasteiger partial charge is 0.270 e. The molecule has 0 spiro atoms. The molecule has 182 valence electrons. The van der Waals surface area contributed by atoms with Gasteiger partial charge in [0.2, 0.25) is 0 Å². The zero-order chi connectivity index (χ0) is 25.0. The Labute approximate surface area is 201 Å². The number of benzene rings is 1. The fourth-order valence-corrected chi connectivity index (χ4v) is 5.96. The second-order valence-corrected chi connectivity index (χ2v) is 9.79. The van der Waals surface area contributed by atoms with Gasteiger partial charge in [-0.3, -0.25) is 4.79 Å². The number of aliphatic hydroxyl groups is 2. The Morgan fingerprint density at radius 2 is 1.80 bits per heavy atom. The lowest BCUT2D eigenvalue weighted by Gasteiger charge is -2.37. The highest BCUT2D eigenvalue weighted by molar-refractivity contribution is 5.92. The van der Waals surface area contributed by atoms with Crippen molar-refractivity contribution in [3.63, 3.8) is 0 Å². The molecule has 0 unspecified atom stereocenters. The SMILES string of the molecule is CC1(C)[C@H]2CC[C@]1(c1cccc(C(=O)NC(CO)CO)n1)c1nnc(-c3c(F)cccc3F)cc12. The molecule has 3 N–H and O–H groups in total. The number of hydrogen-bond donors (Lipinski definition) is 3. The van der Waals surface area contributed by atoms with Crippen molar-refractivity contribution in [1.29, 1.82) is 0 Å². The molecule has 2 aromatic heterocycles. The summed E-state index contributed by atoms with van der Waals surface area (Å²) in [6.45, 7) is 3.46. The number of carbonyl (C=O) groups is 1. The Morgan fingerprint density at radius 1 is 1.11 bits per heavy atom. The third-order valence-electron chi connectivity index (χ3n) is 7.80. The normalized spacial score (nSPS) is 21.9. The molecule has 2 bridgehead atoms. The number of nitrogens with one attached hydrogen (secondary N) is 1. The molecule has 0 radical (unpaired) electrons. The Balaban J connectivity index is 1.60. The second-order valence-electron chi connectivity index (χ2n) is 9.79. The van der Waals surface area contributed by atoms with Crippen LogP contribution in [0, 0.1) is 17.0 Å². The van der Waals surface area contributed by atoms with Crippen LogP contribution in [-0.2, 0) is 5.41 Å². The highest BCUT2D eigenvalue weighted by Crippen LogP contribution is 2.69. The lowest BCUT2D eigenvalue weighted by Crippen LogP contribution is -2.41. The first-order valence-corrected chi connectivity index (χ1v) is 11.6.